The number of aromatic nitrogens is 1. The number of rotatable bonds is 2. The highest BCUT2D eigenvalue weighted by molar-refractivity contribution is 5.93. The molecular weight excluding hydrogens is 194 g/mol. The zero-order valence-electron chi connectivity index (χ0n) is 8.27. The molecule has 5 heteroatoms. The molecule has 15 heavy (non-hydrogen) atoms. The van der Waals surface area contributed by atoms with Gasteiger partial charge in [0.1, 0.15) is 11.9 Å². The van der Waals surface area contributed by atoms with E-state index in [-0.39, 0.29) is 12.0 Å². The molecule has 2 rings (SSSR count). The second kappa shape index (κ2) is 4.27. The van der Waals surface area contributed by atoms with Crippen molar-refractivity contribution < 1.29 is 9.53 Å². The van der Waals surface area contributed by atoms with Crippen LogP contribution >= 0.6 is 0 Å². The Morgan fingerprint density at radius 1 is 1.60 bits per heavy atom. The van der Waals surface area contributed by atoms with Gasteiger partial charge < -0.3 is 15.8 Å². The van der Waals surface area contributed by atoms with E-state index in [1.807, 2.05) is 0 Å². The molecule has 1 aromatic heterocycles. The molecule has 0 spiro atoms. The van der Waals surface area contributed by atoms with E-state index in [1.165, 1.54) is 6.20 Å². The highest BCUT2D eigenvalue weighted by Gasteiger charge is 2.23. The Bertz CT molecular complexity index is 344. The third-order valence-electron chi connectivity index (χ3n) is 2.26. The van der Waals surface area contributed by atoms with Crippen LogP contribution in [0.4, 0.5) is 11.5 Å². The van der Waals surface area contributed by atoms with Crippen molar-refractivity contribution >= 4 is 17.4 Å². The molecule has 0 saturated carbocycles. The van der Waals surface area contributed by atoms with Gasteiger partial charge in [-0.15, -0.1) is 0 Å². The molecule has 0 aromatic carbocycles. The van der Waals surface area contributed by atoms with Gasteiger partial charge in [-0.2, -0.15) is 0 Å². The summed E-state index contributed by atoms with van der Waals surface area (Å²) in [5.74, 6) is 0.370. The smallest absolute Gasteiger partial charge is 0.254 e. The van der Waals surface area contributed by atoms with Gasteiger partial charge in [-0.3, -0.25) is 4.79 Å². The monoisotopic (exact) mass is 207 g/mol. The summed E-state index contributed by atoms with van der Waals surface area (Å²) in [6, 6.07) is 3.36. The Kier molecular flexibility index (Phi) is 2.82. The summed E-state index contributed by atoms with van der Waals surface area (Å²) >= 11 is 0. The highest BCUT2D eigenvalue weighted by atomic mass is 16.5. The summed E-state index contributed by atoms with van der Waals surface area (Å²) < 4.78 is 5.25. The molecule has 5 nitrogen and oxygen atoms in total. The number of hydrogen-bond acceptors (Lipinski definition) is 4. The predicted molar refractivity (Wildman–Crippen MR) is 56.3 cm³/mol. The number of nitrogens with two attached hydrogens (primary N) is 1. The Morgan fingerprint density at radius 3 is 3.07 bits per heavy atom. The fraction of sp³-hybridized carbons (Fsp3) is 0.400. The van der Waals surface area contributed by atoms with Crippen LogP contribution in [0.15, 0.2) is 18.3 Å². The lowest BCUT2D eigenvalue weighted by Crippen LogP contribution is -2.27. The standard InChI is InChI=1S/C10H13N3O2/c11-7-3-4-9(12-6-7)13-10(14)8-2-1-5-15-8/h3-4,6,8H,1-2,5,11H2,(H,12,13,14). The molecule has 1 fully saturated rings. The molecule has 1 amide bonds. The van der Waals surface area contributed by atoms with Gasteiger partial charge >= 0.3 is 0 Å². The maximum absolute atomic E-state index is 11.6. The molecule has 2 heterocycles. The van der Waals surface area contributed by atoms with Crippen LogP contribution < -0.4 is 11.1 Å². The summed E-state index contributed by atoms with van der Waals surface area (Å²) in [4.78, 5) is 15.6. The van der Waals surface area contributed by atoms with Crippen molar-refractivity contribution in [2.24, 2.45) is 0 Å². The molecule has 0 bridgehead atoms. The molecule has 1 aliphatic rings. The Hall–Kier alpha value is -1.62. The number of pyridine rings is 1. The number of nitrogens with one attached hydrogen (secondary N) is 1. The van der Waals surface area contributed by atoms with Crippen LogP contribution in [-0.2, 0) is 9.53 Å². The molecule has 1 unspecified atom stereocenters. The van der Waals surface area contributed by atoms with Crippen molar-refractivity contribution in [2.75, 3.05) is 17.7 Å². The van der Waals surface area contributed by atoms with Crippen molar-refractivity contribution in [3.8, 4) is 0 Å². The molecule has 1 saturated heterocycles. The summed E-state index contributed by atoms with van der Waals surface area (Å²) in [6.07, 6.45) is 2.89. The first-order chi connectivity index (χ1) is 7.25. The second-order valence-corrected chi connectivity index (χ2v) is 3.47. The van der Waals surface area contributed by atoms with Gasteiger partial charge in [-0.05, 0) is 25.0 Å². The zero-order chi connectivity index (χ0) is 10.7. The highest BCUT2D eigenvalue weighted by Crippen LogP contribution is 2.14. The Balaban J connectivity index is 1.96. The Labute approximate surface area is 87.6 Å². The summed E-state index contributed by atoms with van der Waals surface area (Å²) in [6.45, 7) is 0.660. The SMILES string of the molecule is Nc1ccc(NC(=O)C2CCCO2)nc1. The third kappa shape index (κ3) is 2.44. The van der Waals surface area contributed by atoms with Gasteiger partial charge in [-0.25, -0.2) is 4.98 Å². The normalized spacial score (nSPS) is 20.1. The minimum absolute atomic E-state index is 0.134. The van der Waals surface area contributed by atoms with Crippen molar-refractivity contribution in [1.29, 1.82) is 0 Å². The first-order valence-electron chi connectivity index (χ1n) is 4.90. The fourth-order valence-electron chi connectivity index (χ4n) is 1.47. The van der Waals surface area contributed by atoms with Gasteiger partial charge in [0.05, 0.1) is 11.9 Å². The van der Waals surface area contributed by atoms with Crippen molar-refractivity contribution in [1.82, 2.24) is 4.98 Å². The van der Waals surface area contributed by atoms with Gasteiger partial charge in [-0.1, -0.05) is 0 Å². The first kappa shape index (κ1) is 9.92. The van der Waals surface area contributed by atoms with E-state index < -0.39 is 0 Å². The van der Waals surface area contributed by atoms with Gasteiger partial charge in [0.15, 0.2) is 0 Å². The van der Waals surface area contributed by atoms with Crippen LogP contribution in [0.25, 0.3) is 0 Å². The van der Waals surface area contributed by atoms with E-state index in [2.05, 4.69) is 10.3 Å². The van der Waals surface area contributed by atoms with Crippen LogP contribution in [0.3, 0.4) is 0 Å². The lowest BCUT2D eigenvalue weighted by atomic mass is 10.2. The molecule has 80 valence electrons. The van der Waals surface area contributed by atoms with Gasteiger partial charge in [0.25, 0.3) is 5.91 Å². The number of nitrogen functional groups attached to an aromatic ring is 1. The van der Waals surface area contributed by atoms with Crippen molar-refractivity contribution in [3.63, 3.8) is 0 Å². The number of ether oxygens (including phenoxy) is 1. The van der Waals surface area contributed by atoms with Crippen LogP contribution in [0, 0.1) is 0 Å². The minimum atomic E-state index is -0.329. The number of anilines is 2. The van der Waals surface area contributed by atoms with Crippen molar-refractivity contribution in [3.05, 3.63) is 18.3 Å². The zero-order valence-corrected chi connectivity index (χ0v) is 8.27. The van der Waals surface area contributed by atoms with E-state index >= 15 is 0 Å². The van der Waals surface area contributed by atoms with Crippen LogP contribution in [0.2, 0.25) is 0 Å². The fourth-order valence-corrected chi connectivity index (χ4v) is 1.47. The van der Waals surface area contributed by atoms with Crippen LogP contribution in [0.5, 0.6) is 0 Å². The largest absolute Gasteiger partial charge is 0.397 e. The minimum Gasteiger partial charge on any atom is -0.397 e. The van der Waals surface area contributed by atoms with E-state index in [0.29, 0.717) is 18.1 Å². The summed E-state index contributed by atoms with van der Waals surface area (Å²) in [7, 11) is 0. The number of amides is 1. The molecule has 1 atom stereocenters. The van der Waals surface area contributed by atoms with Crippen LogP contribution in [-0.4, -0.2) is 23.6 Å². The topological polar surface area (TPSA) is 77.2 Å². The number of nitrogens with zero attached hydrogens (tertiary/aromatic N) is 1. The number of carbonyl (C=O) groups excluding carboxylic acids is 1. The number of carbonyl (C=O) groups is 1. The molecule has 0 radical (unpaired) electrons. The maximum atomic E-state index is 11.6. The van der Waals surface area contributed by atoms with Crippen LogP contribution in [0.1, 0.15) is 12.8 Å². The molecular formula is C10H13N3O2. The molecule has 1 aromatic rings. The maximum Gasteiger partial charge on any atom is 0.254 e. The summed E-state index contributed by atoms with van der Waals surface area (Å²) in [5.41, 5.74) is 6.05. The van der Waals surface area contributed by atoms with E-state index in [9.17, 15) is 4.79 Å². The quantitative estimate of drug-likeness (QED) is 0.751. The van der Waals surface area contributed by atoms with Gasteiger partial charge in [0, 0.05) is 6.61 Å². The predicted octanol–water partition coefficient (Wildman–Crippen LogP) is 0.781. The lowest BCUT2D eigenvalue weighted by molar-refractivity contribution is -0.124. The Morgan fingerprint density at radius 2 is 2.47 bits per heavy atom. The molecule has 3 N–H and O–H groups in total. The summed E-state index contributed by atoms with van der Waals surface area (Å²) in [5, 5.41) is 2.68. The number of hydrogen-bond donors (Lipinski definition) is 2. The molecule has 0 aliphatic carbocycles. The molecule has 1 aliphatic heterocycles. The third-order valence-corrected chi connectivity index (χ3v) is 2.26. The lowest BCUT2D eigenvalue weighted by Gasteiger charge is -2.09. The van der Waals surface area contributed by atoms with E-state index in [4.69, 9.17) is 10.5 Å². The second-order valence-electron chi connectivity index (χ2n) is 3.47. The first-order valence-corrected chi connectivity index (χ1v) is 4.90. The van der Waals surface area contributed by atoms with Crippen molar-refractivity contribution in [2.45, 2.75) is 18.9 Å². The average molecular weight is 207 g/mol. The average Bonchev–Trinajstić information content (AvgIpc) is 2.74. The van der Waals surface area contributed by atoms with Gasteiger partial charge in [0.2, 0.25) is 0 Å². The van der Waals surface area contributed by atoms with E-state index in [1.54, 1.807) is 12.1 Å². The van der Waals surface area contributed by atoms with E-state index in [0.717, 1.165) is 12.8 Å².